The fourth-order valence-electron chi connectivity index (χ4n) is 1.61. The molecule has 0 unspecified atom stereocenters. The number of nitrogens with zero attached hydrogens (tertiary/aromatic N) is 2. The molecule has 0 aliphatic carbocycles. The Hall–Kier alpha value is -1.97. The third-order valence-corrected chi connectivity index (χ3v) is 2.67. The van der Waals surface area contributed by atoms with Crippen LogP contribution >= 0.6 is 0 Å². The summed E-state index contributed by atoms with van der Waals surface area (Å²) in [7, 11) is 0. The van der Waals surface area contributed by atoms with Gasteiger partial charge in [0.15, 0.2) is 0 Å². The summed E-state index contributed by atoms with van der Waals surface area (Å²) >= 11 is 0. The van der Waals surface area contributed by atoms with Gasteiger partial charge in [0.1, 0.15) is 5.82 Å². The lowest BCUT2D eigenvalue weighted by molar-refractivity contribution is 0.765. The molecule has 4 nitrogen and oxygen atoms in total. The van der Waals surface area contributed by atoms with Crippen LogP contribution in [-0.2, 0) is 0 Å². The Morgan fingerprint density at radius 1 is 1.24 bits per heavy atom. The topological polar surface area (TPSA) is 58.6 Å². The molecule has 0 amide bonds. The second-order valence-electron chi connectivity index (χ2n) is 4.32. The smallest absolute Gasteiger partial charge is 0.254 e. The van der Waals surface area contributed by atoms with Crippen molar-refractivity contribution in [2.45, 2.75) is 26.7 Å². The highest BCUT2D eigenvalue weighted by Crippen LogP contribution is 2.19. The Labute approximate surface area is 99.8 Å². The first-order chi connectivity index (χ1) is 8.09. The average Bonchev–Trinajstić information content (AvgIpc) is 2.33. The summed E-state index contributed by atoms with van der Waals surface area (Å²) in [5, 5.41) is 0. The van der Waals surface area contributed by atoms with Gasteiger partial charge >= 0.3 is 0 Å². The van der Waals surface area contributed by atoms with Crippen LogP contribution < -0.4 is 5.56 Å². The molecule has 0 saturated heterocycles. The molecular formula is C13H15N3O. The summed E-state index contributed by atoms with van der Waals surface area (Å²) in [5.74, 6) is 0.913. The largest absolute Gasteiger partial charge is 0.310 e. The maximum Gasteiger partial charge on any atom is 0.254 e. The van der Waals surface area contributed by atoms with Crippen LogP contribution in [-0.4, -0.2) is 15.0 Å². The maximum atomic E-state index is 11.8. The van der Waals surface area contributed by atoms with Crippen LogP contribution in [0.2, 0.25) is 0 Å². The first kappa shape index (κ1) is 11.5. The van der Waals surface area contributed by atoms with Gasteiger partial charge in [0.25, 0.3) is 5.56 Å². The Morgan fingerprint density at radius 2 is 1.88 bits per heavy atom. The van der Waals surface area contributed by atoms with Crippen LogP contribution in [0.5, 0.6) is 0 Å². The minimum absolute atomic E-state index is 0.0736. The molecule has 2 aromatic rings. The van der Waals surface area contributed by atoms with Crippen LogP contribution in [0.4, 0.5) is 0 Å². The zero-order valence-corrected chi connectivity index (χ0v) is 10.2. The van der Waals surface area contributed by atoms with E-state index in [9.17, 15) is 4.79 Å². The summed E-state index contributed by atoms with van der Waals surface area (Å²) in [6.07, 6.45) is 3.40. The van der Waals surface area contributed by atoms with Gasteiger partial charge in [-0.25, -0.2) is 4.98 Å². The molecule has 0 aromatic carbocycles. The Kier molecular flexibility index (Phi) is 3.04. The van der Waals surface area contributed by atoms with E-state index >= 15 is 0 Å². The van der Waals surface area contributed by atoms with E-state index < -0.39 is 0 Å². The first-order valence-corrected chi connectivity index (χ1v) is 5.61. The monoisotopic (exact) mass is 229 g/mol. The highest BCUT2D eigenvalue weighted by molar-refractivity contribution is 5.61. The minimum atomic E-state index is -0.0736. The molecule has 0 spiro atoms. The molecular weight excluding hydrogens is 214 g/mol. The van der Waals surface area contributed by atoms with E-state index in [1.807, 2.05) is 26.0 Å². The van der Waals surface area contributed by atoms with Crippen LogP contribution in [0.1, 0.15) is 31.2 Å². The first-order valence-electron chi connectivity index (χ1n) is 5.61. The third-order valence-electron chi connectivity index (χ3n) is 2.67. The fourth-order valence-corrected chi connectivity index (χ4v) is 1.61. The molecule has 1 N–H and O–H groups in total. The zero-order chi connectivity index (χ0) is 12.4. The van der Waals surface area contributed by atoms with Gasteiger partial charge in [-0.3, -0.25) is 9.78 Å². The van der Waals surface area contributed by atoms with E-state index in [-0.39, 0.29) is 11.5 Å². The van der Waals surface area contributed by atoms with Gasteiger partial charge < -0.3 is 4.98 Å². The van der Waals surface area contributed by atoms with Gasteiger partial charge in [-0.15, -0.1) is 0 Å². The van der Waals surface area contributed by atoms with E-state index in [2.05, 4.69) is 15.0 Å². The lowest BCUT2D eigenvalue weighted by Gasteiger charge is -2.09. The van der Waals surface area contributed by atoms with Gasteiger partial charge in [-0.2, -0.15) is 0 Å². The zero-order valence-electron chi connectivity index (χ0n) is 10.2. The van der Waals surface area contributed by atoms with Gasteiger partial charge in [-0.1, -0.05) is 13.8 Å². The molecule has 0 radical (unpaired) electrons. The second kappa shape index (κ2) is 4.49. The van der Waals surface area contributed by atoms with Crippen molar-refractivity contribution in [3.8, 4) is 11.3 Å². The normalized spacial score (nSPS) is 10.8. The lowest BCUT2D eigenvalue weighted by atomic mass is 10.1. The second-order valence-corrected chi connectivity index (χ2v) is 4.32. The van der Waals surface area contributed by atoms with Crippen LogP contribution in [0.15, 0.2) is 29.3 Å². The van der Waals surface area contributed by atoms with Crippen molar-refractivity contribution in [2.75, 3.05) is 0 Å². The fraction of sp³-hybridized carbons (Fsp3) is 0.308. The van der Waals surface area contributed by atoms with E-state index in [4.69, 9.17) is 0 Å². The standard InChI is InChI=1S/C13H15N3O/c1-8(2)12-15-11(9(3)13(17)16-12)10-4-6-14-7-5-10/h4-8H,1-3H3,(H,15,16,17). The molecule has 0 bridgehead atoms. The molecule has 17 heavy (non-hydrogen) atoms. The predicted molar refractivity (Wildman–Crippen MR) is 66.9 cm³/mol. The number of H-pyrrole nitrogens is 1. The highest BCUT2D eigenvalue weighted by Gasteiger charge is 2.11. The van der Waals surface area contributed by atoms with Crippen molar-refractivity contribution in [3.05, 3.63) is 46.3 Å². The van der Waals surface area contributed by atoms with Crippen LogP contribution in [0.25, 0.3) is 11.3 Å². The number of rotatable bonds is 2. The molecule has 2 heterocycles. The van der Waals surface area contributed by atoms with Crippen molar-refractivity contribution in [3.63, 3.8) is 0 Å². The van der Waals surface area contributed by atoms with Crippen molar-refractivity contribution in [1.82, 2.24) is 15.0 Å². The summed E-state index contributed by atoms with van der Waals surface area (Å²) in [6, 6.07) is 3.72. The summed E-state index contributed by atoms with van der Waals surface area (Å²) in [6.45, 7) is 5.79. The van der Waals surface area contributed by atoms with Crippen LogP contribution in [0, 0.1) is 6.92 Å². The van der Waals surface area contributed by atoms with Crippen LogP contribution in [0.3, 0.4) is 0 Å². The number of hydrogen-bond acceptors (Lipinski definition) is 3. The number of pyridine rings is 1. The minimum Gasteiger partial charge on any atom is -0.310 e. The SMILES string of the molecule is Cc1c(-c2ccncc2)nc(C(C)C)[nH]c1=O. The van der Waals surface area contributed by atoms with E-state index in [1.165, 1.54) is 0 Å². The Balaban J connectivity index is 2.65. The van der Waals surface area contributed by atoms with Crippen molar-refractivity contribution >= 4 is 0 Å². The molecule has 2 rings (SSSR count). The van der Waals surface area contributed by atoms with Crippen molar-refractivity contribution in [2.24, 2.45) is 0 Å². The van der Waals surface area contributed by atoms with Crippen molar-refractivity contribution < 1.29 is 0 Å². The van der Waals surface area contributed by atoms with Gasteiger partial charge in [0, 0.05) is 29.4 Å². The number of nitrogens with one attached hydrogen (secondary N) is 1. The molecule has 0 aliphatic heterocycles. The van der Waals surface area contributed by atoms with Gasteiger partial charge in [-0.05, 0) is 19.1 Å². The average molecular weight is 229 g/mol. The van der Waals surface area contributed by atoms with E-state index in [0.717, 1.165) is 11.3 Å². The highest BCUT2D eigenvalue weighted by atomic mass is 16.1. The van der Waals surface area contributed by atoms with E-state index in [0.29, 0.717) is 11.4 Å². The molecule has 0 aliphatic rings. The molecule has 0 fully saturated rings. The number of aromatic nitrogens is 3. The van der Waals surface area contributed by atoms with Gasteiger partial charge in [0.05, 0.1) is 5.69 Å². The Morgan fingerprint density at radius 3 is 2.47 bits per heavy atom. The molecule has 88 valence electrons. The summed E-state index contributed by atoms with van der Waals surface area (Å²) < 4.78 is 0. The molecule has 0 saturated carbocycles. The van der Waals surface area contributed by atoms with Crippen molar-refractivity contribution in [1.29, 1.82) is 0 Å². The number of aromatic amines is 1. The van der Waals surface area contributed by atoms with Gasteiger partial charge in [0.2, 0.25) is 0 Å². The quantitative estimate of drug-likeness (QED) is 0.859. The molecule has 4 heteroatoms. The molecule has 2 aromatic heterocycles. The summed E-state index contributed by atoms with van der Waals surface area (Å²) in [5.41, 5.74) is 2.22. The lowest BCUT2D eigenvalue weighted by Crippen LogP contribution is -2.16. The van der Waals surface area contributed by atoms with E-state index in [1.54, 1.807) is 19.3 Å². The maximum absolute atomic E-state index is 11.8. The number of hydrogen-bond donors (Lipinski definition) is 1. The predicted octanol–water partition coefficient (Wildman–Crippen LogP) is 2.26. The molecule has 0 atom stereocenters. The Bertz CT molecular complexity index is 573. The third kappa shape index (κ3) is 2.25. The summed E-state index contributed by atoms with van der Waals surface area (Å²) in [4.78, 5) is 23.1.